The molecule has 2 rings (SSSR count). The van der Waals surface area contributed by atoms with Gasteiger partial charge in [-0.15, -0.1) is 11.3 Å². The number of hydrogen-bond acceptors (Lipinski definition) is 3. The van der Waals surface area contributed by atoms with Crippen LogP contribution in [0.1, 0.15) is 52.7 Å². The zero-order valence-electron chi connectivity index (χ0n) is 11.4. The number of carbonyl (C=O) groups excluding carboxylic acids is 2. The molecule has 0 unspecified atom stereocenters. The Morgan fingerprint density at radius 2 is 2.00 bits per heavy atom. The van der Waals surface area contributed by atoms with E-state index in [1.54, 1.807) is 0 Å². The van der Waals surface area contributed by atoms with Gasteiger partial charge in [-0.25, -0.2) is 0 Å². The van der Waals surface area contributed by atoms with Crippen LogP contribution in [0.25, 0.3) is 0 Å². The van der Waals surface area contributed by atoms with E-state index in [4.69, 9.17) is 0 Å². The monoisotopic (exact) mass is 280 g/mol. The molecule has 0 saturated heterocycles. The molecule has 0 radical (unpaired) electrons. The molecule has 2 amide bonds. The highest BCUT2D eigenvalue weighted by Gasteiger charge is 2.23. The van der Waals surface area contributed by atoms with Crippen LogP contribution in [0.2, 0.25) is 0 Å². The van der Waals surface area contributed by atoms with Gasteiger partial charge in [0.15, 0.2) is 0 Å². The van der Waals surface area contributed by atoms with Crippen molar-refractivity contribution in [3.8, 4) is 0 Å². The number of hydrazine groups is 1. The summed E-state index contributed by atoms with van der Waals surface area (Å²) >= 11 is 1.49. The summed E-state index contributed by atoms with van der Waals surface area (Å²) < 4.78 is 0. The first-order valence-electron chi connectivity index (χ1n) is 6.81. The smallest absolute Gasteiger partial charge is 0.273 e. The molecule has 1 aromatic heterocycles. The van der Waals surface area contributed by atoms with Gasteiger partial charge in [0.1, 0.15) is 0 Å². The molecule has 5 heteroatoms. The van der Waals surface area contributed by atoms with Gasteiger partial charge in [-0.2, -0.15) is 0 Å². The van der Waals surface area contributed by atoms with Gasteiger partial charge < -0.3 is 0 Å². The summed E-state index contributed by atoms with van der Waals surface area (Å²) in [6.07, 6.45) is 5.00. The van der Waals surface area contributed by atoms with Crippen LogP contribution in [-0.2, 0) is 11.2 Å². The lowest BCUT2D eigenvalue weighted by molar-refractivity contribution is -0.125. The van der Waals surface area contributed by atoms with Gasteiger partial charge in [0, 0.05) is 10.8 Å². The highest BCUT2D eigenvalue weighted by molar-refractivity contribution is 7.14. The molecule has 4 nitrogen and oxygen atoms in total. The number of hydrogen-bond donors (Lipinski definition) is 2. The normalized spacial score (nSPS) is 15.5. The van der Waals surface area contributed by atoms with Crippen molar-refractivity contribution >= 4 is 23.2 Å². The van der Waals surface area contributed by atoms with Crippen molar-refractivity contribution in [2.75, 3.05) is 0 Å². The summed E-state index contributed by atoms with van der Waals surface area (Å²) in [7, 11) is 0. The Balaban J connectivity index is 1.88. The van der Waals surface area contributed by atoms with Crippen molar-refractivity contribution in [3.05, 3.63) is 21.4 Å². The van der Waals surface area contributed by atoms with Crippen molar-refractivity contribution in [2.24, 2.45) is 5.92 Å². The van der Waals surface area contributed by atoms with Gasteiger partial charge in [-0.1, -0.05) is 19.8 Å². The second-order valence-electron chi connectivity index (χ2n) is 5.00. The molecule has 0 bridgehead atoms. The molecule has 19 heavy (non-hydrogen) atoms. The Hall–Kier alpha value is -1.36. The Kier molecular flexibility index (Phi) is 4.58. The maximum absolute atomic E-state index is 11.9. The topological polar surface area (TPSA) is 58.2 Å². The minimum atomic E-state index is -0.223. The number of nitrogens with one attached hydrogen (secondary N) is 2. The van der Waals surface area contributed by atoms with E-state index in [1.807, 2.05) is 13.0 Å². The number of amides is 2. The van der Waals surface area contributed by atoms with Crippen molar-refractivity contribution in [2.45, 2.75) is 46.0 Å². The molecule has 0 aliphatic heterocycles. The van der Waals surface area contributed by atoms with E-state index in [1.165, 1.54) is 16.2 Å². The van der Waals surface area contributed by atoms with Crippen molar-refractivity contribution in [3.63, 3.8) is 0 Å². The van der Waals surface area contributed by atoms with Gasteiger partial charge in [-0.05, 0) is 37.8 Å². The van der Waals surface area contributed by atoms with Crippen molar-refractivity contribution < 1.29 is 9.59 Å². The molecule has 1 fully saturated rings. The second kappa shape index (κ2) is 6.19. The first kappa shape index (κ1) is 14.1. The number of rotatable bonds is 3. The highest BCUT2D eigenvalue weighted by Crippen LogP contribution is 2.24. The Labute approximate surface area is 117 Å². The van der Waals surface area contributed by atoms with Crippen molar-refractivity contribution in [1.29, 1.82) is 0 Å². The number of aryl methyl sites for hydroxylation is 2. The maximum atomic E-state index is 11.9. The summed E-state index contributed by atoms with van der Waals surface area (Å²) in [4.78, 5) is 25.6. The van der Waals surface area contributed by atoms with Crippen LogP contribution in [0.3, 0.4) is 0 Å². The molecule has 0 atom stereocenters. The minimum absolute atomic E-state index is 0.0603. The molecule has 0 aromatic carbocycles. The lowest BCUT2D eigenvalue weighted by Crippen LogP contribution is -2.43. The molecule has 1 aliphatic carbocycles. The molecule has 1 aliphatic rings. The molecular weight excluding hydrogens is 260 g/mol. The SMILES string of the molecule is CCc1sc(C(=O)NNC(=O)C2CCCC2)cc1C. The van der Waals surface area contributed by atoms with Crippen LogP contribution in [0, 0.1) is 12.8 Å². The van der Waals surface area contributed by atoms with Gasteiger partial charge in [-0.3, -0.25) is 20.4 Å². The quantitative estimate of drug-likeness (QED) is 0.836. The Bertz CT molecular complexity index is 476. The average Bonchev–Trinajstić information content (AvgIpc) is 3.04. The maximum Gasteiger partial charge on any atom is 0.279 e. The third kappa shape index (κ3) is 3.35. The fourth-order valence-corrected chi connectivity index (χ4v) is 3.46. The largest absolute Gasteiger partial charge is 0.279 e. The zero-order valence-corrected chi connectivity index (χ0v) is 12.2. The highest BCUT2D eigenvalue weighted by atomic mass is 32.1. The van der Waals surface area contributed by atoms with E-state index < -0.39 is 0 Å². The molecule has 1 saturated carbocycles. The van der Waals surface area contributed by atoms with E-state index in [-0.39, 0.29) is 17.7 Å². The predicted octanol–water partition coefficient (Wildman–Crippen LogP) is 2.57. The first-order chi connectivity index (χ1) is 9.11. The van der Waals surface area contributed by atoms with E-state index in [2.05, 4.69) is 17.8 Å². The van der Waals surface area contributed by atoms with Crippen LogP contribution in [-0.4, -0.2) is 11.8 Å². The second-order valence-corrected chi connectivity index (χ2v) is 6.13. The van der Waals surface area contributed by atoms with Crippen LogP contribution in [0.15, 0.2) is 6.07 Å². The lowest BCUT2D eigenvalue weighted by Gasteiger charge is -2.10. The van der Waals surface area contributed by atoms with E-state index in [0.717, 1.165) is 37.7 Å². The Morgan fingerprint density at radius 3 is 2.58 bits per heavy atom. The van der Waals surface area contributed by atoms with E-state index in [9.17, 15) is 9.59 Å². The molecular formula is C14H20N2O2S. The molecule has 2 N–H and O–H groups in total. The number of thiophene rings is 1. The van der Waals surface area contributed by atoms with Crippen LogP contribution < -0.4 is 10.9 Å². The lowest BCUT2D eigenvalue weighted by atomic mass is 10.1. The van der Waals surface area contributed by atoms with Gasteiger partial charge in [0.25, 0.3) is 5.91 Å². The third-order valence-corrected chi connectivity index (χ3v) is 4.97. The van der Waals surface area contributed by atoms with Crippen LogP contribution in [0.4, 0.5) is 0 Å². The van der Waals surface area contributed by atoms with Crippen LogP contribution >= 0.6 is 11.3 Å². The number of carbonyl (C=O) groups is 2. The van der Waals surface area contributed by atoms with Gasteiger partial charge in [0.05, 0.1) is 4.88 Å². The molecule has 1 aromatic rings. The summed E-state index contributed by atoms with van der Waals surface area (Å²) in [5.41, 5.74) is 6.19. The summed E-state index contributed by atoms with van der Waals surface area (Å²) in [5.74, 6) is -0.217. The zero-order chi connectivity index (χ0) is 13.8. The Morgan fingerprint density at radius 1 is 1.32 bits per heavy atom. The summed E-state index contributed by atoms with van der Waals surface area (Å²) in [6, 6.07) is 1.88. The molecule has 0 spiro atoms. The molecule has 1 heterocycles. The minimum Gasteiger partial charge on any atom is -0.273 e. The van der Waals surface area contributed by atoms with E-state index >= 15 is 0 Å². The molecule has 104 valence electrons. The predicted molar refractivity (Wildman–Crippen MR) is 76.0 cm³/mol. The fraction of sp³-hybridized carbons (Fsp3) is 0.571. The van der Waals surface area contributed by atoms with Gasteiger partial charge >= 0.3 is 0 Å². The summed E-state index contributed by atoms with van der Waals surface area (Å²) in [6.45, 7) is 4.08. The average molecular weight is 280 g/mol. The van der Waals surface area contributed by atoms with Gasteiger partial charge in [0.2, 0.25) is 5.91 Å². The van der Waals surface area contributed by atoms with Crippen LogP contribution in [0.5, 0.6) is 0 Å². The fourth-order valence-electron chi connectivity index (χ4n) is 2.45. The summed E-state index contributed by atoms with van der Waals surface area (Å²) in [5, 5.41) is 0. The standard InChI is InChI=1S/C14H20N2O2S/c1-3-11-9(2)8-12(19-11)14(18)16-15-13(17)10-6-4-5-7-10/h8,10H,3-7H2,1-2H3,(H,15,17)(H,16,18). The van der Waals surface area contributed by atoms with Crippen molar-refractivity contribution in [1.82, 2.24) is 10.9 Å². The third-order valence-electron chi connectivity index (χ3n) is 3.59. The van der Waals surface area contributed by atoms with E-state index in [0.29, 0.717) is 4.88 Å². The first-order valence-corrected chi connectivity index (χ1v) is 7.63.